The average molecular weight is 260 g/mol. The molecule has 0 saturated heterocycles. The monoisotopic (exact) mass is 260 g/mol. The van der Waals surface area contributed by atoms with Crippen LogP contribution in [0.3, 0.4) is 0 Å². The molecule has 0 radical (unpaired) electrons. The molecule has 3 heteroatoms. The second-order valence-corrected chi connectivity index (χ2v) is 5.68. The highest BCUT2D eigenvalue weighted by Crippen LogP contribution is 2.30. The molecule has 3 N–H and O–H groups in total. The van der Waals surface area contributed by atoms with Crippen LogP contribution >= 0.6 is 0 Å². The molecule has 1 aromatic carbocycles. The number of hydrogen-bond acceptors (Lipinski definition) is 2. The first-order valence-electron chi connectivity index (χ1n) is 7.20. The van der Waals surface area contributed by atoms with Crippen molar-refractivity contribution in [3.63, 3.8) is 0 Å². The molecule has 104 valence electrons. The Morgan fingerprint density at radius 1 is 1.26 bits per heavy atom. The van der Waals surface area contributed by atoms with Crippen molar-refractivity contribution in [1.29, 1.82) is 0 Å². The number of carbonyl (C=O) groups is 1. The van der Waals surface area contributed by atoms with Gasteiger partial charge in [-0.15, -0.1) is 0 Å². The van der Waals surface area contributed by atoms with Crippen LogP contribution in [0.1, 0.15) is 36.8 Å². The Kier molecular flexibility index (Phi) is 4.59. The lowest BCUT2D eigenvalue weighted by Crippen LogP contribution is -2.35. The van der Waals surface area contributed by atoms with Crippen LogP contribution in [0.25, 0.3) is 0 Å². The molecule has 2 atom stereocenters. The summed E-state index contributed by atoms with van der Waals surface area (Å²) in [5.41, 5.74) is 9.14. The minimum Gasteiger partial charge on any atom is -0.330 e. The molecule has 1 amide bonds. The largest absolute Gasteiger partial charge is 0.330 e. The summed E-state index contributed by atoms with van der Waals surface area (Å²) in [4.78, 5) is 12.4. The van der Waals surface area contributed by atoms with E-state index in [2.05, 4.69) is 19.2 Å². The van der Waals surface area contributed by atoms with Gasteiger partial charge in [0.15, 0.2) is 0 Å². The molecule has 0 aliphatic heterocycles. The fourth-order valence-electron chi connectivity index (χ4n) is 2.89. The quantitative estimate of drug-likeness (QED) is 0.877. The summed E-state index contributed by atoms with van der Waals surface area (Å²) < 4.78 is 0. The summed E-state index contributed by atoms with van der Waals surface area (Å²) in [6.07, 6.45) is 4.40. The van der Waals surface area contributed by atoms with Crippen LogP contribution in [0.5, 0.6) is 0 Å². The van der Waals surface area contributed by atoms with E-state index in [4.69, 9.17) is 5.73 Å². The van der Waals surface area contributed by atoms with Gasteiger partial charge in [-0.2, -0.15) is 0 Å². The smallest absolute Gasteiger partial charge is 0.227 e. The zero-order valence-corrected chi connectivity index (χ0v) is 11.9. The average Bonchev–Trinajstić information content (AvgIpc) is 2.43. The Balaban J connectivity index is 2.05. The first kappa shape index (κ1) is 14.1. The van der Waals surface area contributed by atoms with Crippen LogP contribution in [-0.2, 0) is 4.79 Å². The molecule has 1 fully saturated rings. The summed E-state index contributed by atoms with van der Waals surface area (Å²) in [7, 11) is 0. The van der Waals surface area contributed by atoms with E-state index in [9.17, 15) is 4.79 Å². The zero-order valence-electron chi connectivity index (χ0n) is 11.9. The lowest BCUT2D eigenvalue weighted by atomic mass is 9.78. The number of anilines is 1. The Morgan fingerprint density at radius 2 is 2.00 bits per heavy atom. The Hall–Kier alpha value is -1.35. The predicted molar refractivity (Wildman–Crippen MR) is 79.0 cm³/mol. The summed E-state index contributed by atoms with van der Waals surface area (Å²) in [6, 6.07) is 6.06. The highest BCUT2D eigenvalue weighted by molar-refractivity contribution is 5.92. The molecule has 3 nitrogen and oxygen atoms in total. The van der Waals surface area contributed by atoms with Crippen molar-refractivity contribution in [2.75, 3.05) is 11.9 Å². The Labute approximate surface area is 115 Å². The van der Waals surface area contributed by atoms with Gasteiger partial charge in [-0.1, -0.05) is 18.9 Å². The number of amides is 1. The maximum absolute atomic E-state index is 12.4. The minimum atomic E-state index is 0.0837. The Bertz CT molecular complexity index is 456. The molecule has 19 heavy (non-hydrogen) atoms. The van der Waals surface area contributed by atoms with E-state index in [1.165, 1.54) is 17.5 Å². The van der Waals surface area contributed by atoms with Gasteiger partial charge in [0.1, 0.15) is 0 Å². The fourth-order valence-corrected chi connectivity index (χ4v) is 2.89. The maximum atomic E-state index is 12.4. The number of rotatable bonds is 3. The number of benzene rings is 1. The van der Waals surface area contributed by atoms with Gasteiger partial charge in [-0.3, -0.25) is 4.79 Å². The van der Waals surface area contributed by atoms with E-state index in [1.54, 1.807) is 0 Å². The van der Waals surface area contributed by atoms with Crippen molar-refractivity contribution in [3.8, 4) is 0 Å². The number of nitrogens with two attached hydrogens (primary N) is 1. The number of hydrogen-bond donors (Lipinski definition) is 2. The molecule has 0 spiro atoms. The second kappa shape index (κ2) is 6.20. The van der Waals surface area contributed by atoms with Gasteiger partial charge in [0, 0.05) is 11.6 Å². The first-order chi connectivity index (χ1) is 9.11. The van der Waals surface area contributed by atoms with Gasteiger partial charge in [-0.25, -0.2) is 0 Å². The normalized spacial score (nSPS) is 23.1. The molecule has 1 aliphatic rings. The fraction of sp³-hybridized carbons (Fsp3) is 0.562. The molecule has 0 aromatic heterocycles. The molecule has 0 heterocycles. The number of aryl methyl sites for hydroxylation is 2. The number of carbonyl (C=O) groups excluding carboxylic acids is 1. The van der Waals surface area contributed by atoms with Crippen molar-refractivity contribution in [2.45, 2.75) is 39.5 Å². The first-order valence-corrected chi connectivity index (χ1v) is 7.20. The van der Waals surface area contributed by atoms with E-state index >= 15 is 0 Å². The standard InChI is InChI=1S/C16H24N2O/c1-11-7-8-14(9-12(11)2)18-16(19)15-6-4-3-5-13(15)10-17/h7-9,13,15H,3-6,10,17H2,1-2H3,(H,18,19). The van der Waals surface area contributed by atoms with E-state index in [0.29, 0.717) is 12.5 Å². The second-order valence-electron chi connectivity index (χ2n) is 5.68. The van der Waals surface area contributed by atoms with Crippen molar-refractivity contribution in [2.24, 2.45) is 17.6 Å². The van der Waals surface area contributed by atoms with E-state index in [-0.39, 0.29) is 11.8 Å². The molecule has 2 unspecified atom stereocenters. The predicted octanol–water partition coefficient (Wildman–Crippen LogP) is 3.01. The maximum Gasteiger partial charge on any atom is 0.227 e. The lowest BCUT2D eigenvalue weighted by molar-refractivity contribution is -0.122. The van der Waals surface area contributed by atoms with Crippen LogP contribution < -0.4 is 11.1 Å². The van der Waals surface area contributed by atoms with Crippen LogP contribution in [0, 0.1) is 25.7 Å². The molecule has 0 bridgehead atoms. The van der Waals surface area contributed by atoms with Gasteiger partial charge in [0.25, 0.3) is 0 Å². The lowest BCUT2D eigenvalue weighted by Gasteiger charge is -2.29. The third-order valence-corrected chi connectivity index (χ3v) is 4.32. The molecule has 1 aliphatic carbocycles. The van der Waals surface area contributed by atoms with E-state index in [0.717, 1.165) is 24.9 Å². The van der Waals surface area contributed by atoms with Crippen LogP contribution in [-0.4, -0.2) is 12.5 Å². The third kappa shape index (κ3) is 3.35. The van der Waals surface area contributed by atoms with Crippen LogP contribution in [0.2, 0.25) is 0 Å². The van der Waals surface area contributed by atoms with Gasteiger partial charge < -0.3 is 11.1 Å². The molecule has 1 aromatic rings. The van der Waals surface area contributed by atoms with E-state index < -0.39 is 0 Å². The zero-order chi connectivity index (χ0) is 13.8. The van der Waals surface area contributed by atoms with Gasteiger partial charge >= 0.3 is 0 Å². The highest BCUT2D eigenvalue weighted by Gasteiger charge is 2.29. The van der Waals surface area contributed by atoms with Gasteiger partial charge in [0.05, 0.1) is 0 Å². The van der Waals surface area contributed by atoms with Gasteiger partial charge in [-0.05, 0) is 62.4 Å². The van der Waals surface area contributed by atoms with Crippen molar-refractivity contribution < 1.29 is 4.79 Å². The summed E-state index contributed by atoms with van der Waals surface area (Å²) >= 11 is 0. The minimum absolute atomic E-state index is 0.0837. The molecule has 2 rings (SSSR count). The number of nitrogens with one attached hydrogen (secondary N) is 1. The summed E-state index contributed by atoms with van der Waals surface area (Å²) in [5.74, 6) is 0.569. The summed E-state index contributed by atoms with van der Waals surface area (Å²) in [5, 5.41) is 3.05. The third-order valence-electron chi connectivity index (χ3n) is 4.32. The molecule has 1 saturated carbocycles. The molecular weight excluding hydrogens is 236 g/mol. The van der Waals surface area contributed by atoms with Gasteiger partial charge in [0.2, 0.25) is 5.91 Å². The summed E-state index contributed by atoms with van der Waals surface area (Å²) in [6.45, 7) is 4.76. The van der Waals surface area contributed by atoms with Crippen LogP contribution in [0.4, 0.5) is 5.69 Å². The SMILES string of the molecule is Cc1ccc(NC(=O)C2CCCCC2CN)cc1C. The topological polar surface area (TPSA) is 55.1 Å². The van der Waals surface area contributed by atoms with Crippen LogP contribution in [0.15, 0.2) is 18.2 Å². The van der Waals surface area contributed by atoms with Crippen molar-refractivity contribution in [3.05, 3.63) is 29.3 Å². The highest BCUT2D eigenvalue weighted by atomic mass is 16.1. The van der Waals surface area contributed by atoms with Crippen molar-refractivity contribution >= 4 is 11.6 Å². The molecular formula is C16H24N2O. The van der Waals surface area contributed by atoms with E-state index in [1.807, 2.05) is 18.2 Å². The Morgan fingerprint density at radius 3 is 2.68 bits per heavy atom. The van der Waals surface area contributed by atoms with Crippen molar-refractivity contribution in [1.82, 2.24) is 0 Å².